The largest absolute Gasteiger partial charge is 0.351 e. The van der Waals surface area contributed by atoms with Gasteiger partial charge in [0, 0.05) is 11.3 Å². The highest BCUT2D eigenvalue weighted by molar-refractivity contribution is 7.09. The summed E-state index contributed by atoms with van der Waals surface area (Å²) < 4.78 is 0. The number of hydrogen-bond donors (Lipinski definition) is 2. The van der Waals surface area contributed by atoms with E-state index in [1.807, 2.05) is 24.6 Å². The molecule has 4 heteroatoms. The lowest BCUT2D eigenvalue weighted by atomic mass is 10.3. The monoisotopic (exact) mass is 212 g/mol. The van der Waals surface area contributed by atoms with Crippen molar-refractivity contribution in [2.75, 3.05) is 13.6 Å². The van der Waals surface area contributed by atoms with Gasteiger partial charge < -0.3 is 10.6 Å². The summed E-state index contributed by atoms with van der Waals surface area (Å²) in [6.45, 7) is 1.56. The Morgan fingerprint density at radius 3 is 3.07 bits per heavy atom. The van der Waals surface area contributed by atoms with Crippen LogP contribution in [0.3, 0.4) is 0 Å². The van der Waals surface area contributed by atoms with E-state index in [9.17, 15) is 4.79 Å². The second-order valence-corrected chi connectivity index (χ2v) is 4.10. The normalized spacial score (nSPS) is 10.1. The summed E-state index contributed by atoms with van der Waals surface area (Å²) in [4.78, 5) is 12.5. The Kier molecular flexibility index (Phi) is 5.25. The van der Waals surface area contributed by atoms with Crippen molar-refractivity contribution in [2.24, 2.45) is 0 Å². The predicted octanol–water partition coefficient (Wildman–Crippen LogP) is 1.36. The minimum Gasteiger partial charge on any atom is -0.351 e. The van der Waals surface area contributed by atoms with Crippen molar-refractivity contribution in [1.29, 1.82) is 0 Å². The van der Waals surface area contributed by atoms with Crippen molar-refractivity contribution >= 4 is 17.2 Å². The maximum Gasteiger partial charge on any atom is 0.220 e. The van der Waals surface area contributed by atoms with Gasteiger partial charge in [0.05, 0.1) is 6.54 Å². The van der Waals surface area contributed by atoms with Crippen molar-refractivity contribution < 1.29 is 4.79 Å². The van der Waals surface area contributed by atoms with Gasteiger partial charge in [0.2, 0.25) is 5.91 Å². The van der Waals surface area contributed by atoms with Crippen molar-refractivity contribution in [2.45, 2.75) is 19.4 Å². The van der Waals surface area contributed by atoms with E-state index >= 15 is 0 Å². The molecule has 1 heterocycles. The number of thiophene rings is 1. The van der Waals surface area contributed by atoms with Crippen LogP contribution in [-0.4, -0.2) is 19.5 Å². The molecular formula is C10H16N2OS. The smallest absolute Gasteiger partial charge is 0.220 e. The number of carbonyl (C=O) groups is 1. The van der Waals surface area contributed by atoms with Crippen LogP contribution in [0.15, 0.2) is 17.5 Å². The molecule has 1 aromatic rings. The molecule has 0 radical (unpaired) electrons. The zero-order chi connectivity index (χ0) is 10.2. The second kappa shape index (κ2) is 6.56. The van der Waals surface area contributed by atoms with Gasteiger partial charge in [-0.05, 0) is 31.5 Å². The molecule has 0 aliphatic rings. The lowest BCUT2D eigenvalue weighted by molar-refractivity contribution is -0.121. The molecular weight excluding hydrogens is 196 g/mol. The second-order valence-electron chi connectivity index (χ2n) is 3.06. The van der Waals surface area contributed by atoms with Gasteiger partial charge in [-0.25, -0.2) is 0 Å². The van der Waals surface area contributed by atoms with Crippen LogP contribution in [0.4, 0.5) is 0 Å². The number of amides is 1. The first-order valence-corrected chi connectivity index (χ1v) is 5.64. The Labute approximate surface area is 88.5 Å². The molecule has 0 aliphatic heterocycles. The van der Waals surface area contributed by atoms with Crippen molar-refractivity contribution in [3.63, 3.8) is 0 Å². The molecule has 1 aromatic heterocycles. The molecule has 0 saturated heterocycles. The highest BCUT2D eigenvalue weighted by Gasteiger charge is 2.00. The van der Waals surface area contributed by atoms with Crippen LogP contribution >= 0.6 is 11.3 Å². The fourth-order valence-corrected chi connectivity index (χ4v) is 1.76. The Hall–Kier alpha value is -0.870. The van der Waals surface area contributed by atoms with Gasteiger partial charge in [0.15, 0.2) is 0 Å². The topological polar surface area (TPSA) is 41.1 Å². The minimum atomic E-state index is 0.133. The molecule has 3 nitrogen and oxygen atoms in total. The molecule has 2 N–H and O–H groups in total. The number of hydrogen-bond acceptors (Lipinski definition) is 3. The standard InChI is InChI=1S/C10H16N2OS/c1-11-6-2-5-10(13)12-8-9-4-3-7-14-9/h3-4,7,11H,2,5-6,8H2,1H3,(H,12,13). The molecule has 0 saturated carbocycles. The van der Waals surface area contributed by atoms with Crippen molar-refractivity contribution in [3.8, 4) is 0 Å². The van der Waals surface area contributed by atoms with Crippen LogP contribution in [0.1, 0.15) is 17.7 Å². The molecule has 78 valence electrons. The van der Waals surface area contributed by atoms with Crippen molar-refractivity contribution in [1.82, 2.24) is 10.6 Å². The molecule has 0 spiro atoms. The van der Waals surface area contributed by atoms with Gasteiger partial charge in [0.25, 0.3) is 0 Å². The first-order chi connectivity index (χ1) is 6.83. The lowest BCUT2D eigenvalue weighted by Crippen LogP contribution is -2.23. The summed E-state index contributed by atoms with van der Waals surface area (Å²) in [7, 11) is 1.89. The molecule has 0 bridgehead atoms. The maximum atomic E-state index is 11.3. The number of nitrogens with one attached hydrogen (secondary N) is 2. The first-order valence-electron chi connectivity index (χ1n) is 4.76. The highest BCUT2D eigenvalue weighted by Crippen LogP contribution is 2.07. The third-order valence-corrected chi connectivity index (χ3v) is 2.75. The quantitative estimate of drug-likeness (QED) is 0.699. The van der Waals surface area contributed by atoms with Crippen LogP contribution in [-0.2, 0) is 11.3 Å². The summed E-state index contributed by atoms with van der Waals surface area (Å²) in [5.41, 5.74) is 0. The molecule has 0 aliphatic carbocycles. The van der Waals surface area contributed by atoms with E-state index in [1.165, 1.54) is 4.88 Å². The summed E-state index contributed by atoms with van der Waals surface area (Å²) in [5.74, 6) is 0.133. The highest BCUT2D eigenvalue weighted by atomic mass is 32.1. The fraction of sp³-hybridized carbons (Fsp3) is 0.500. The molecule has 1 rings (SSSR count). The molecule has 0 aromatic carbocycles. The Balaban J connectivity index is 2.09. The summed E-state index contributed by atoms with van der Waals surface area (Å²) in [6.07, 6.45) is 1.50. The summed E-state index contributed by atoms with van der Waals surface area (Å²) in [5, 5.41) is 7.92. The van der Waals surface area contributed by atoms with Gasteiger partial charge in [-0.2, -0.15) is 0 Å². The molecule has 0 fully saturated rings. The third-order valence-electron chi connectivity index (χ3n) is 1.87. The van der Waals surface area contributed by atoms with Gasteiger partial charge in [-0.1, -0.05) is 6.07 Å². The van der Waals surface area contributed by atoms with E-state index < -0.39 is 0 Å². The predicted molar refractivity (Wildman–Crippen MR) is 59.3 cm³/mol. The van der Waals surface area contributed by atoms with E-state index in [2.05, 4.69) is 10.6 Å². The first kappa shape index (κ1) is 11.2. The van der Waals surface area contributed by atoms with Gasteiger partial charge in [-0.15, -0.1) is 11.3 Å². The summed E-state index contributed by atoms with van der Waals surface area (Å²) in [6, 6.07) is 4.02. The van der Waals surface area contributed by atoms with E-state index in [1.54, 1.807) is 11.3 Å². The van der Waals surface area contributed by atoms with Crippen LogP contribution < -0.4 is 10.6 Å². The summed E-state index contributed by atoms with van der Waals surface area (Å²) >= 11 is 1.67. The molecule has 0 atom stereocenters. The van der Waals surface area contributed by atoms with Crippen molar-refractivity contribution in [3.05, 3.63) is 22.4 Å². The van der Waals surface area contributed by atoms with Gasteiger partial charge in [0.1, 0.15) is 0 Å². The number of carbonyl (C=O) groups excluding carboxylic acids is 1. The zero-order valence-corrected chi connectivity index (χ0v) is 9.19. The Morgan fingerprint density at radius 1 is 1.57 bits per heavy atom. The van der Waals surface area contributed by atoms with E-state index in [0.717, 1.165) is 13.0 Å². The van der Waals surface area contributed by atoms with E-state index in [0.29, 0.717) is 13.0 Å². The maximum absolute atomic E-state index is 11.3. The SMILES string of the molecule is CNCCCC(=O)NCc1cccs1. The van der Waals surface area contributed by atoms with Gasteiger partial charge >= 0.3 is 0 Å². The molecule has 1 amide bonds. The van der Waals surface area contributed by atoms with Crippen LogP contribution in [0.25, 0.3) is 0 Å². The lowest BCUT2D eigenvalue weighted by Gasteiger charge is -2.02. The minimum absolute atomic E-state index is 0.133. The average molecular weight is 212 g/mol. The van der Waals surface area contributed by atoms with Crippen LogP contribution in [0.2, 0.25) is 0 Å². The molecule has 0 unspecified atom stereocenters. The zero-order valence-electron chi connectivity index (χ0n) is 8.38. The fourth-order valence-electron chi connectivity index (χ4n) is 1.11. The van der Waals surface area contributed by atoms with Crippen LogP contribution in [0, 0.1) is 0 Å². The average Bonchev–Trinajstić information content (AvgIpc) is 2.68. The van der Waals surface area contributed by atoms with Crippen LogP contribution in [0.5, 0.6) is 0 Å². The Morgan fingerprint density at radius 2 is 2.43 bits per heavy atom. The van der Waals surface area contributed by atoms with E-state index in [-0.39, 0.29) is 5.91 Å². The number of rotatable bonds is 6. The van der Waals surface area contributed by atoms with Gasteiger partial charge in [-0.3, -0.25) is 4.79 Å². The van der Waals surface area contributed by atoms with E-state index in [4.69, 9.17) is 0 Å². The Bertz CT molecular complexity index is 259. The third kappa shape index (κ3) is 4.39. The molecule has 14 heavy (non-hydrogen) atoms.